The number of aryl methyl sites for hydroxylation is 1. The first-order valence-electron chi connectivity index (χ1n) is 5.76. The second kappa shape index (κ2) is 5.26. The summed E-state index contributed by atoms with van der Waals surface area (Å²) in [6.07, 6.45) is -4.65. The van der Waals surface area contributed by atoms with E-state index in [2.05, 4.69) is 4.98 Å². The molecule has 21 heavy (non-hydrogen) atoms. The molecule has 0 fully saturated rings. The average Bonchev–Trinajstić information content (AvgIpc) is 2.36. The first-order valence-corrected chi connectivity index (χ1v) is 6.13. The van der Waals surface area contributed by atoms with E-state index in [0.717, 1.165) is 6.07 Å². The van der Waals surface area contributed by atoms with Gasteiger partial charge in [0.25, 0.3) is 5.56 Å². The number of nitrogens with zero attached hydrogens (tertiary/aromatic N) is 1. The number of H-pyrrole nitrogens is 1. The van der Waals surface area contributed by atoms with Gasteiger partial charge in [0.1, 0.15) is 11.6 Å². The second-order valence-electron chi connectivity index (χ2n) is 4.34. The molecular formula is C14H8ClF3N2O. The molecule has 0 saturated heterocycles. The molecule has 0 aliphatic heterocycles. The lowest BCUT2D eigenvalue weighted by Gasteiger charge is -2.15. The Labute approximate surface area is 122 Å². The molecule has 1 heterocycles. The molecule has 0 bridgehead atoms. The molecule has 3 nitrogen and oxygen atoms in total. The van der Waals surface area contributed by atoms with Crippen LogP contribution >= 0.6 is 11.6 Å². The number of nitrogens with one attached hydrogen (secondary N) is 1. The Hall–Kier alpha value is -2.26. The Morgan fingerprint density at radius 3 is 2.57 bits per heavy atom. The number of halogens is 4. The van der Waals surface area contributed by atoms with Crippen LogP contribution in [0.4, 0.5) is 13.2 Å². The van der Waals surface area contributed by atoms with E-state index in [4.69, 9.17) is 16.9 Å². The minimum absolute atomic E-state index is 0.128. The first kappa shape index (κ1) is 15.1. The highest BCUT2D eigenvalue weighted by Gasteiger charge is 2.35. The predicted octanol–water partition coefficient (Wildman–Crippen LogP) is 3.89. The van der Waals surface area contributed by atoms with Crippen LogP contribution < -0.4 is 5.56 Å². The van der Waals surface area contributed by atoms with Gasteiger partial charge >= 0.3 is 6.18 Å². The minimum Gasteiger partial charge on any atom is -0.325 e. The summed E-state index contributed by atoms with van der Waals surface area (Å²) in [6, 6.07) is 6.24. The summed E-state index contributed by atoms with van der Waals surface area (Å²) in [4.78, 5) is 14.1. The summed E-state index contributed by atoms with van der Waals surface area (Å²) >= 11 is 5.88. The van der Waals surface area contributed by atoms with Crippen molar-refractivity contribution in [2.75, 3.05) is 0 Å². The molecule has 1 aromatic carbocycles. The van der Waals surface area contributed by atoms with Crippen molar-refractivity contribution in [1.82, 2.24) is 4.98 Å². The van der Waals surface area contributed by atoms with Gasteiger partial charge in [0, 0.05) is 21.8 Å². The Kier molecular flexibility index (Phi) is 3.79. The maximum absolute atomic E-state index is 13.1. The lowest BCUT2D eigenvalue weighted by Crippen LogP contribution is -2.15. The fourth-order valence-corrected chi connectivity index (χ4v) is 2.31. The van der Waals surface area contributed by atoms with Crippen LogP contribution in [-0.2, 0) is 6.18 Å². The Bertz CT molecular complexity index is 803. The van der Waals surface area contributed by atoms with E-state index in [9.17, 15) is 18.0 Å². The van der Waals surface area contributed by atoms with Crippen molar-refractivity contribution in [2.24, 2.45) is 0 Å². The lowest BCUT2D eigenvalue weighted by molar-refractivity contribution is -0.137. The molecule has 0 saturated carbocycles. The van der Waals surface area contributed by atoms with Crippen molar-refractivity contribution in [3.8, 4) is 17.2 Å². The highest BCUT2D eigenvalue weighted by molar-refractivity contribution is 6.33. The van der Waals surface area contributed by atoms with Crippen LogP contribution in [0.1, 0.15) is 16.8 Å². The molecule has 0 radical (unpaired) electrons. The molecule has 1 N–H and O–H groups in total. The van der Waals surface area contributed by atoms with Crippen molar-refractivity contribution >= 4 is 11.6 Å². The molecule has 2 rings (SSSR count). The lowest BCUT2D eigenvalue weighted by atomic mass is 9.96. The first-order chi connectivity index (χ1) is 9.75. The number of rotatable bonds is 1. The molecule has 0 unspecified atom stereocenters. The standard InChI is InChI=1S/C14H8ClF3N2O/c1-7-5-8(9(6-19)13(21)20-7)12-10(14(16,17)18)3-2-4-11(12)15/h2-5H,1H3,(H,20,21). The Balaban J connectivity index is 2.93. The van der Waals surface area contributed by atoms with E-state index >= 15 is 0 Å². The smallest absolute Gasteiger partial charge is 0.325 e. The number of benzene rings is 1. The number of nitriles is 1. The highest BCUT2D eigenvalue weighted by atomic mass is 35.5. The van der Waals surface area contributed by atoms with E-state index < -0.39 is 22.9 Å². The molecule has 1 aromatic heterocycles. The molecule has 0 amide bonds. The molecule has 0 aliphatic rings. The number of hydrogen-bond donors (Lipinski definition) is 1. The van der Waals surface area contributed by atoms with Gasteiger partial charge in [0.15, 0.2) is 0 Å². The molecule has 0 aliphatic carbocycles. The zero-order chi connectivity index (χ0) is 15.8. The summed E-state index contributed by atoms with van der Waals surface area (Å²) in [5.41, 5.74) is -2.30. The van der Waals surface area contributed by atoms with Gasteiger partial charge < -0.3 is 4.98 Å². The number of hydrogen-bond acceptors (Lipinski definition) is 2. The van der Waals surface area contributed by atoms with Crippen LogP contribution in [0.2, 0.25) is 5.02 Å². The van der Waals surface area contributed by atoms with Crippen LogP contribution in [0.15, 0.2) is 29.1 Å². The van der Waals surface area contributed by atoms with Gasteiger partial charge in [-0.1, -0.05) is 17.7 Å². The molecule has 2 aromatic rings. The highest BCUT2D eigenvalue weighted by Crippen LogP contribution is 2.41. The summed E-state index contributed by atoms with van der Waals surface area (Å²) in [5.74, 6) is 0. The Morgan fingerprint density at radius 2 is 2.00 bits per heavy atom. The van der Waals surface area contributed by atoms with E-state index in [0.29, 0.717) is 5.69 Å². The largest absolute Gasteiger partial charge is 0.417 e. The maximum atomic E-state index is 13.1. The van der Waals surface area contributed by atoms with E-state index in [1.165, 1.54) is 25.1 Å². The SMILES string of the molecule is Cc1cc(-c2c(Cl)cccc2C(F)(F)F)c(C#N)c(=O)[nH]1. The van der Waals surface area contributed by atoms with Crippen LogP contribution in [0.3, 0.4) is 0 Å². The van der Waals surface area contributed by atoms with Gasteiger partial charge in [-0.2, -0.15) is 18.4 Å². The number of aromatic amines is 1. The fourth-order valence-electron chi connectivity index (χ4n) is 2.03. The Morgan fingerprint density at radius 1 is 1.33 bits per heavy atom. The van der Waals surface area contributed by atoms with Crippen LogP contribution in [-0.4, -0.2) is 4.98 Å². The third kappa shape index (κ3) is 2.78. The van der Waals surface area contributed by atoms with E-state index in [-0.39, 0.29) is 16.1 Å². The normalized spacial score (nSPS) is 11.2. The van der Waals surface area contributed by atoms with Gasteiger partial charge in [-0.05, 0) is 25.1 Å². The third-order valence-corrected chi connectivity index (χ3v) is 3.18. The van der Waals surface area contributed by atoms with Crippen LogP contribution in [0.5, 0.6) is 0 Å². The maximum Gasteiger partial charge on any atom is 0.417 e. The zero-order valence-electron chi connectivity index (χ0n) is 10.7. The predicted molar refractivity (Wildman–Crippen MR) is 72.0 cm³/mol. The van der Waals surface area contributed by atoms with Crippen LogP contribution in [0.25, 0.3) is 11.1 Å². The summed E-state index contributed by atoms with van der Waals surface area (Å²) < 4.78 is 39.4. The topological polar surface area (TPSA) is 56.6 Å². The zero-order valence-corrected chi connectivity index (χ0v) is 11.4. The van der Waals surface area contributed by atoms with Crippen molar-refractivity contribution in [2.45, 2.75) is 13.1 Å². The summed E-state index contributed by atoms with van der Waals surface area (Å²) in [5, 5.41) is 8.87. The molecule has 0 spiro atoms. The summed E-state index contributed by atoms with van der Waals surface area (Å²) in [7, 11) is 0. The number of alkyl halides is 3. The molecule has 0 atom stereocenters. The third-order valence-electron chi connectivity index (χ3n) is 2.87. The van der Waals surface area contributed by atoms with Crippen molar-refractivity contribution in [1.29, 1.82) is 5.26 Å². The monoisotopic (exact) mass is 312 g/mol. The average molecular weight is 313 g/mol. The quantitative estimate of drug-likeness (QED) is 0.868. The fraction of sp³-hybridized carbons (Fsp3) is 0.143. The van der Waals surface area contributed by atoms with E-state index in [1.54, 1.807) is 6.07 Å². The number of aromatic nitrogens is 1. The molecular weight excluding hydrogens is 305 g/mol. The number of pyridine rings is 1. The van der Waals surface area contributed by atoms with Gasteiger partial charge in [-0.25, -0.2) is 0 Å². The summed E-state index contributed by atoms with van der Waals surface area (Å²) in [6.45, 7) is 1.51. The van der Waals surface area contributed by atoms with Gasteiger partial charge in [0.2, 0.25) is 0 Å². The van der Waals surface area contributed by atoms with Crippen molar-refractivity contribution in [3.05, 3.63) is 56.5 Å². The molecule has 108 valence electrons. The van der Waals surface area contributed by atoms with Crippen molar-refractivity contribution in [3.63, 3.8) is 0 Å². The molecule has 7 heteroatoms. The minimum atomic E-state index is -4.65. The van der Waals surface area contributed by atoms with Gasteiger partial charge in [-0.3, -0.25) is 4.79 Å². The van der Waals surface area contributed by atoms with Crippen molar-refractivity contribution < 1.29 is 13.2 Å². The van der Waals surface area contributed by atoms with Crippen LogP contribution in [0, 0.1) is 18.3 Å². The van der Waals surface area contributed by atoms with Gasteiger partial charge in [-0.15, -0.1) is 0 Å². The van der Waals surface area contributed by atoms with E-state index in [1.807, 2.05) is 0 Å². The second-order valence-corrected chi connectivity index (χ2v) is 4.75. The van der Waals surface area contributed by atoms with Gasteiger partial charge in [0.05, 0.1) is 5.56 Å².